The number of hydrogen-bond donors (Lipinski definition) is 0. The first-order valence-corrected chi connectivity index (χ1v) is 5.22. The Bertz CT molecular complexity index is 299. The molecule has 0 aromatic carbocycles. The number of aromatic nitrogens is 4. The molecule has 2 heterocycles. The molecule has 0 bridgehead atoms. The van der Waals surface area contributed by atoms with Crippen LogP contribution < -0.4 is 0 Å². The van der Waals surface area contributed by atoms with E-state index in [2.05, 4.69) is 19.2 Å². The molecule has 0 radical (unpaired) electrons. The van der Waals surface area contributed by atoms with Gasteiger partial charge in [-0.1, -0.05) is 8.98 Å². The topological polar surface area (TPSA) is 60.8 Å². The van der Waals surface area contributed by atoms with Crippen molar-refractivity contribution in [1.29, 1.82) is 0 Å². The molecule has 7 heteroatoms. The number of ether oxygens (including phenoxy) is 1. The molecule has 2 aromatic rings. The van der Waals surface area contributed by atoms with Gasteiger partial charge in [0, 0.05) is 10.8 Å². The maximum atomic E-state index is 5.33. The summed E-state index contributed by atoms with van der Waals surface area (Å²) in [6.07, 6.45) is 0. The van der Waals surface area contributed by atoms with Crippen LogP contribution in [0.5, 0.6) is 0 Å². The van der Waals surface area contributed by atoms with Crippen LogP contribution in [-0.4, -0.2) is 19.2 Å². The van der Waals surface area contributed by atoms with Gasteiger partial charge in [-0.05, 0) is 23.1 Å². The van der Waals surface area contributed by atoms with E-state index in [1.54, 1.807) is 0 Å². The van der Waals surface area contributed by atoms with Crippen LogP contribution in [0.4, 0.5) is 0 Å². The Morgan fingerprint density at radius 3 is 1.92 bits per heavy atom. The molecule has 0 unspecified atom stereocenters. The van der Waals surface area contributed by atoms with Crippen LogP contribution in [0.15, 0.2) is 10.8 Å². The Labute approximate surface area is 82.7 Å². The zero-order valence-electron chi connectivity index (χ0n) is 6.58. The van der Waals surface area contributed by atoms with Crippen molar-refractivity contribution in [2.75, 3.05) is 0 Å². The number of hydrogen-bond acceptors (Lipinski definition) is 7. The minimum absolute atomic E-state index is 0.480. The minimum atomic E-state index is 0.480. The van der Waals surface area contributed by atoms with E-state index in [1.165, 1.54) is 23.1 Å². The van der Waals surface area contributed by atoms with E-state index in [0.29, 0.717) is 13.2 Å². The molecule has 68 valence electrons. The van der Waals surface area contributed by atoms with Crippen molar-refractivity contribution >= 4 is 23.1 Å². The Kier molecular flexibility index (Phi) is 2.90. The van der Waals surface area contributed by atoms with Crippen LogP contribution in [0, 0.1) is 0 Å². The Morgan fingerprint density at radius 2 is 1.54 bits per heavy atom. The average Bonchev–Trinajstić information content (AvgIpc) is 2.75. The maximum absolute atomic E-state index is 5.33. The quantitative estimate of drug-likeness (QED) is 0.763. The van der Waals surface area contributed by atoms with Crippen molar-refractivity contribution in [1.82, 2.24) is 19.2 Å². The van der Waals surface area contributed by atoms with Crippen LogP contribution >= 0.6 is 23.1 Å². The summed E-state index contributed by atoms with van der Waals surface area (Å²) >= 11 is 2.64. The molecule has 0 spiro atoms. The minimum Gasteiger partial charge on any atom is -0.369 e. The fourth-order valence-corrected chi connectivity index (χ4v) is 1.63. The largest absolute Gasteiger partial charge is 0.369 e. The van der Waals surface area contributed by atoms with E-state index in [9.17, 15) is 0 Å². The van der Waals surface area contributed by atoms with Gasteiger partial charge in [-0.15, -0.1) is 10.2 Å². The number of nitrogens with zero attached hydrogens (tertiary/aromatic N) is 4. The van der Waals surface area contributed by atoms with Gasteiger partial charge in [0.25, 0.3) is 0 Å². The molecular formula is C6H6N4OS2. The SMILES string of the molecule is c1snnc1COCc1csnn1. The van der Waals surface area contributed by atoms with E-state index in [1.807, 2.05) is 10.8 Å². The molecule has 0 atom stereocenters. The van der Waals surface area contributed by atoms with E-state index < -0.39 is 0 Å². The lowest BCUT2D eigenvalue weighted by Crippen LogP contribution is -1.94. The van der Waals surface area contributed by atoms with Crippen LogP contribution in [0.1, 0.15) is 11.4 Å². The highest BCUT2D eigenvalue weighted by molar-refractivity contribution is 7.03. The normalized spacial score (nSPS) is 10.5. The third-order valence-corrected chi connectivity index (χ3v) is 2.42. The van der Waals surface area contributed by atoms with Gasteiger partial charge >= 0.3 is 0 Å². The Morgan fingerprint density at radius 1 is 1.00 bits per heavy atom. The maximum Gasteiger partial charge on any atom is 0.101 e. The van der Waals surface area contributed by atoms with Gasteiger partial charge in [0.15, 0.2) is 0 Å². The molecule has 5 nitrogen and oxygen atoms in total. The first kappa shape index (κ1) is 8.67. The van der Waals surface area contributed by atoms with Crippen molar-refractivity contribution in [3.05, 3.63) is 22.1 Å². The Hall–Kier alpha value is -0.920. The van der Waals surface area contributed by atoms with Crippen molar-refractivity contribution in [2.24, 2.45) is 0 Å². The fourth-order valence-electron chi connectivity index (χ4n) is 0.754. The second-order valence-electron chi connectivity index (χ2n) is 2.29. The molecule has 0 N–H and O–H groups in total. The van der Waals surface area contributed by atoms with Crippen molar-refractivity contribution in [3.8, 4) is 0 Å². The van der Waals surface area contributed by atoms with Gasteiger partial charge in [-0.25, -0.2) is 0 Å². The van der Waals surface area contributed by atoms with E-state index in [0.717, 1.165) is 11.4 Å². The first-order chi connectivity index (χ1) is 6.45. The van der Waals surface area contributed by atoms with Crippen molar-refractivity contribution in [2.45, 2.75) is 13.2 Å². The lowest BCUT2D eigenvalue weighted by atomic mass is 10.5. The van der Waals surface area contributed by atoms with Crippen LogP contribution in [0.25, 0.3) is 0 Å². The molecule has 0 fully saturated rings. The lowest BCUT2D eigenvalue weighted by Gasteiger charge is -1.96. The molecule has 0 aliphatic rings. The van der Waals surface area contributed by atoms with Crippen LogP contribution in [-0.2, 0) is 18.0 Å². The van der Waals surface area contributed by atoms with Gasteiger partial charge in [0.2, 0.25) is 0 Å². The summed E-state index contributed by atoms with van der Waals surface area (Å²) < 4.78 is 12.8. The molecular weight excluding hydrogens is 208 g/mol. The third-order valence-electron chi connectivity index (χ3n) is 1.31. The molecule has 0 amide bonds. The molecule has 2 rings (SSSR count). The van der Waals surface area contributed by atoms with Crippen molar-refractivity contribution < 1.29 is 4.74 Å². The second-order valence-corrected chi connectivity index (χ2v) is 3.50. The summed E-state index contributed by atoms with van der Waals surface area (Å²) in [7, 11) is 0. The van der Waals surface area contributed by atoms with Gasteiger partial charge < -0.3 is 4.74 Å². The summed E-state index contributed by atoms with van der Waals surface area (Å²) in [5.41, 5.74) is 1.71. The van der Waals surface area contributed by atoms with Crippen LogP contribution in [0.2, 0.25) is 0 Å². The van der Waals surface area contributed by atoms with E-state index in [4.69, 9.17) is 4.74 Å². The summed E-state index contributed by atoms with van der Waals surface area (Å²) in [5, 5.41) is 11.4. The average molecular weight is 214 g/mol. The summed E-state index contributed by atoms with van der Waals surface area (Å²) in [5.74, 6) is 0. The zero-order chi connectivity index (χ0) is 8.93. The highest BCUT2D eigenvalue weighted by Crippen LogP contribution is 2.03. The van der Waals surface area contributed by atoms with Gasteiger partial charge in [0.05, 0.1) is 13.2 Å². The molecule has 2 aromatic heterocycles. The highest BCUT2D eigenvalue weighted by atomic mass is 32.1. The standard InChI is InChI=1S/C6H6N4OS2/c1(5-3-12-9-7-5)11-2-6-4-13-10-8-6/h3-4H,1-2H2. The molecule has 0 aliphatic heterocycles. The summed E-state index contributed by atoms with van der Waals surface area (Å²) in [6, 6.07) is 0. The molecule has 0 aliphatic carbocycles. The predicted molar refractivity (Wildman–Crippen MR) is 48.3 cm³/mol. The Balaban J connectivity index is 1.76. The monoisotopic (exact) mass is 214 g/mol. The lowest BCUT2D eigenvalue weighted by molar-refractivity contribution is 0.102. The van der Waals surface area contributed by atoms with Crippen molar-refractivity contribution in [3.63, 3.8) is 0 Å². The summed E-state index contributed by atoms with van der Waals surface area (Å²) in [4.78, 5) is 0. The molecule has 13 heavy (non-hydrogen) atoms. The van der Waals surface area contributed by atoms with Gasteiger partial charge in [-0.3, -0.25) is 0 Å². The molecule has 0 saturated carbocycles. The predicted octanol–water partition coefficient (Wildman–Crippen LogP) is 1.11. The fraction of sp³-hybridized carbons (Fsp3) is 0.333. The van der Waals surface area contributed by atoms with Gasteiger partial charge in [0.1, 0.15) is 11.4 Å². The van der Waals surface area contributed by atoms with E-state index >= 15 is 0 Å². The second kappa shape index (κ2) is 4.35. The van der Waals surface area contributed by atoms with Gasteiger partial charge in [-0.2, -0.15) is 0 Å². The number of rotatable bonds is 4. The van der Waals surface area contributed by atoms with Crippen LogP contribution in [0.3, 0.4) is 0 Å². The first-order valence-electron chi connectivity index (χ1n) is 3.55. The summed E-state index contributed by atoms with van der Waals surface area (Å²) in [6.45, 7) is 0.960. The van der Waals surface area contributed by atoms with E-state index in [-0.39, 0.29) is 0 Å². The zero-order valence-corrected chi connectivity index (χ0v) is 8.22. The molecule has 0 saturated heterocycles. The smallest absolute Gasteiger partial charge is 0.101 e. The highest BCUT2D eigenvalue weighted by Gasteiger charge is 1.98. The third kappa shape index (κ3) is 2.51.